The van der Waals surface area contributed by atoms with E-state index in [4.69, 9.17) is 0 Å². The molecular formula is C17H30N2. The van der Waals surface area contributed by atoms with E-state index in [9.17, 15) is 0 Å². The number of benzene rings is 1. The van der Waals surface area contributed by atoms with Crippen molar-refractivity contribution in [2.75, 3.05) is 25.0 Å². The maximum Gasteiger partial charge on any atom is 0.0393 e. The van der Waals surface area contributed by atoms with Gasteiger partial charge in [-0.25, -0.2) is 0 Å². The van der Waals surface area contributed by atoms with Crippen molar-refractivity contribution in [3.8, 4) is 0 Å². The maximum absolute atomic E-state index is 3.54. The zero-order valence-electron chi connectivity index (χ0n) is 13.7. The van der Waals surface area contributed by atoms with Crippen LogP contribution in [0, 0.1) is 19.3 Å². The third-order valence-corrected chi connectivity index (χ3v) is 3.42. The van der Waals surface area contributed by atoms with E-state index in [2.05, 4.69) is 77.0 Å². The van der Waals surface area contributed by atoms with Gasteiger partial charge in [-0.05, 0) is 30.9 Å². The Kier molecular flexibility index (Phi) is 5.42. The molecule has 0 atom stereocenters. The maximum atomic E-state index is 3.54. The van der Waals surface area contributed by atoms with E-state index in [0.717, 1.165) is 13.1 Å². The van der Waals surface area contributed by atoms with Crippen LogP contribution in [0.1, 0.15) is 38.8 Å². The Balaban J connectivity index is 2.70. The molecule has 0 unspecified atom stereocenters. The molecule has 0 aromatic heterocycles. The van der Waals surface area contributed by atoms with Crippen LogP contribution in [0.4, 0.5) is 5.69 Å². The van der Waals surface area contributed by atoms with Gasteiger partial charge in [-0.3, -0.25) is 0 Å². The summed E-state index contributed by atoms with van der Waals surface area (Å²) in [4.78, 5) is 2.37. The molecule has 0 saturated heterocycles. The fourth-order valence-corrected chi connectivity index (χ4v) is 2.50. The molecule has 108 valence electrons. The molecule has 0 aliphatic carbocycles. The molecule has 0 bridgehead atoms. The van der Waals surface area contributed by atoms with Crippen LogP contribution in [0.25, 0.3) is 0 Å². The number of nitrogens with one attached hydrogen (secondary N) is 1. The molecule has 0 aliphatic heterocycles. The van der Waals surface area contributed by atoms with Gasteiger partial charge in [0, 0.05) is 31.9 Å². The molecule has 0 amide bonds. The molecule has 1 N–H and O–H groups in total. The third-order valence-electron chi connectivity index (χ3n) is 3.42. The average Bonchev–Trinajstić information content (AvgIpc) is 2.25. The second-order valence-corrected chi connectivity index (χ2v) is 6.85. The summed E-state index contributed by atoms with van der Waals surface area (Å²) in [5.41, 5.74) is 4.28. The van der Waals surface area contributed by atoms with E-state index in [1.807, 2.05) is 0 Å². The third kappa shape index (κ3) is 5.23. The first-order valence-electron chi connectivity index (χ1n) is 7.23. The summed E-state index contributed by atoms with van der Waals surface area (Å²) in [6.45, 7) is 15.5. The minimum Gasteiger partial charge on any atom is -0.374 e. The van der Waals surface area contributed by atoms with E-state index in [1.54, 1.807) is 0 Å². The summed E-state index contributed by atoms with van der Waals surface area (Å²) >= 11 is 0. The van der Waals surface area contributed by atoms with Gasteiger partial charge in [0.1, 0.15) is 0 Å². The molecule has 2 heteroatoms. The van der Waals surface area contributed by atoms with Crippen LogP contribution in [0.2, 0.25) is 0 Å². The highest BCUT2D eigenvalue weighted by atomic mass is 15.1. The summed E-state index contributed by atoms with van der Waals surface area (Å²) in [5.74, 6) is 0. The van der Waals surface area contributed by atoms with Gasteiger partial charge in [-0.2, -0.15) is 0 Å². The fourth-order valence-electron chi connectivity index (χ4n) is 2.50. The average molecular weight is 262 g/mol. The van der Waals surface area contributed by atoms with Crippen molar-refractivity contribution in [3.63, 3.8) is 0 Å². The molecule has 1 aromatic rings. The van der Waals surface area contributed by atoms with Crippen molar-refractivity contribution >= 4 is 5.69 Å². The molecular weight excluding hydrogens is 232 g/mol. The molecule has 0 aliphatic rings. The van der Waals surface area contributed by atoms with Crippen molar-refractivity contribution < 1.29 is 0 Å². The van der Waals surface area contributed by atoms with Gasteiger partial charge in [-0.1, -0.05) is 45.4 Å². The molecule has 19 heavy (non-hydrogen) atoms. The smallest absolute Gasteiger partial charge is 0.0393 e. The first-order valence-corrected chi connectivity index (χ1v) is 7.23. The van der Waals surface area contributed by atoms with Crippen molar-refractivity contribution in [1.29, 1.82) is 0 Å². The summed E-state index contributed by atoms with van der Waals surface area (Å²) in [5, 5.41) is 3.54. The van der Waals surface area contributed by atoms with Gasteiger partial charge in [0.2, 0.25) is 0 Å². The van der Waals surface area contributed by atoms with Crippen LogP contribution in [0.3, 0.4) is 0 Å². The molecule has 0 radical (unpaired) electrons. The predicted molar refractivity (Wildman–Crippen MR) is 86.1 cm³/mol. The highest BCUT2D eigenvalue weighted by Crippen LogP contribution is 2.24. The van der Waals surface area contributed by atoms with Crippen LogP contribution in [0.15, 0.2) is 18.2 Å². The largest absolute Gasteiger partial charge is 0.374 e. The summed E-state index contributed by atoms with van der Waals surface area (Å²) in [6.07, 6.45) is 0. The Morgan fingerprint density at radius 1 is 1.21 bits per heavy atom. The molecule has 1 aromatic carbocycles. The zero-order chi connectivity index (χ0) is 14.6. The van der Waals surface area contributed by atoms with Crippen molar-refractivity contribution in [2.24, 2.45) is 5.41 Å². The normalized spacial score (nSPS) is 12.0. The predicted octanol–water partition coefficient (Wildman–Crippen LogP) is 3.76. The molecule has 0 spiro atoms. The van der Waals surface area contributed by atoms with E-state index in [0.29, 0.717) is 6.04 Å². The SMILES string of the molecule is Cc1ccc(N(C)CC(C)(C)CNC(C)C)c(C)c1. The molecule has 1 rings (SSSR count). The lowest BCUT2D eigenvalue weighted by atomic mass is 9.92. The first-order chi connectivity index (χ1) is 8.71. The van der Waals surface area contributed by atoms with Crippen LogP contribution in [-0.4, -0.2) is 26.2 Å². The van der Waals surface area contributed by atoms with Crippen molar-refractivity contribution in [1.82, 2.24) is 5.32 Å². The van der Waals surface area contributed by atoms with Gasteiger partial charge in [0.25, 0.3) is 0 Å². The standard InChI is InChI=1S/C17H30N2/c1-13(2)18-11-17(5,6)12-19(7)16-9-8-14(3)10-15(16)4/h8-10,13,18H,11-12H2,1-7H3. The van der Waals surface area contributed by atoms with Gasteiger partial charge in [0.05, 0.1) is 0 Å². The Labute approximate surface area is 119 Å². The van der Waals surface area contributed by atoms with Gasteiger partial charge in [0.15, 0.2) is 0 Å². The highest BCUT2D eigenvalue weighted by molar-refractivity contribution is 5.53. The number of nitrogens with zero attached hydrogens (tertiary/aromatic N) is 1. The molecule has 0 fully saturated rings. The van der Waals surface area contributed by atoms with Gasteiger partial charge >= 0.3 is 0 Å². The Hall–Kier alpha value is -1.02. The van der Waals surface area contributed by atoms with E-state index >= 15 is 0 Å². The number of rotatable bonds is 6. The number of hydrogen-bond donors (Lipinski definition) is 1. The Morgan fingerprint density at radius 3 is 2.37 bits per heavy atom. The van der Waals surface area contributed by atoms with Crippen LogP contribution in [-0.2, 0) is 0 Å². The summed E-state index contributed by atoms with van der Waals surface area (Å²) < 4.78 is 0. The second kappa shape index (κ2) is 6.42. The topological polar surface area (TPSA) is 15.3 Å². The quantitative estimate of drug-likeness (QED) is 0.839. The number of hydrogen-bond acceptors (Lipinski definition) is 2. The van der Waals surface area contributed by atoms with E-state index in [1.165, 1.54) is 16.8 Å². The van der Waals surface area contributed by atoms with Crippen molar-refractivity contribution in [2.45, 2.75) is 47.6 Å². The Bertz CT molecular complexity index is 408. The zero-order valence-corrected chi connectivity index (χ0v) is 13.7. The van der Waals surface area contributed by atoms with E-state index < -0.39 is 0 Å². The van der Waals surface area contributed by atoms with Crippen LogP contribution >= 0.6 is 0 Å². The van der Waals surface area contributed by atoms with E-state index in [-0.39, 0.29) is 5.41 Å². The highest BCUT2D eigenvalue weighted by Gasteiger charge is 2.21. The van der Waals surface area contributed by atoms with Crippen LogP contribution < -0.4 is 10.2 Å². The lowest BCUT2D eigenvalue weighted by Crippen LogP contribution is -2.41. The lowest BCUT2D eigenvalue weighted by molar-refractivity contribution is 0.333. The minimum absolute atomic E-state index is 0.260. The van der Waals surface area contributed by atoms with Crippen LogP contribution in [0.5, 0.6) is 0 Å². The first kappa shape index (κ1) is 16.0. The minimum atomic E-state index is 0.260. The lowest BCUT2D eigenvalue weighted by Gasteiger charge is -2.33. The fraction of sp³-hybridized carbons (Fsp3) is 0.647. The number of anilines is 1. The summed E-state index contributed by atoms with van der Waals surface area (Å²) in [6, 6.07) is 7.23. The second-order valence-electron chi connectivity index (χ2n) is 6.85. The molecule has 0 saturated carbocycles. The monoisotopic (exact) mass is 262 g/mol. The van der Waals surface area contributed by atoms with Crippen molar-refractivity contribution in [3.05, 3.63) is 29.3 Å². The Morgan fingerprint density at radius 2 is 1.84 bits per heavy atom. The molecule has 0 heterocycles. The molecule has 2 nitrogen and oxygen atoms in total. The van der Waals surface area contributed by atoms with Gasteiger partial charge in [-0.15, -0.1) is 0 Å². The summed E-state index contributed by atoms with van der Waals surface area (Å²) in [7, 11) is 2.19. The number of aryl methyl sites for hydroxylation is 2. The van der Waals surface area contributed by atoms with Gasteiger partial charge < -0.3 is 10.2 Å².